The van der Waals surface area contributed by atoms with Crippen LogP contribution >= 0.6 is 0 Å². The van der Waals surface area contributed by atoms with Gasteiger partial charge in [0.25, 0.3) is 0 Å². The van der Waals surface area contributed by atoms with Crippen LogP contribution in [-0.4, -0.2) is 37.2 Å². The molecule has 0 N–H and O–H groups in total. The molecule has 0 fully saturated rings. The molecular weight excluding hydrogens is 769 g/mol. The average Bonchev–Trinajstić information content (AvgIpc) is 3.27. The number of esters is 3. The van der Waals surface area contributed by atoms with Gasteiger partial charge in [-0.3, -0.25) is 14.4 Å². The minimum Gasteiger partial charge on any atom is -0.462 e. The number of ether oxygens (including phenoxy) is 3. The summed E-state index contributed by atoms with van der Waals surface area (Å²) in [5.74, 6) is -1.02. The summed E-state index contributed by atoms with van der Waals surface area (Å²) in [5, 5.41) is 0. The summed E-state index contributed by atoms with van der Waals surface area (Å²) in [6.07, 6.45) is 64.5. The maximum Gasteiger partial charge on any atom is 0.306 e. The molecule has 6 nitrogen and oxygen atoms in total. The molecule has 0 bridgehead atoms. The van der Waals surface area contributed by atoms with E-state index in [0.29, 0.717) is 25.7 Å². The molecule has 354 valence electrons. The fraction of sp³-hybridized carbons (Fsp3) is 0.696. The number of hydrogen-bond acceptors (Lipinski definition) is 6. The van der Waals surface area contributed by atoms with Gasteiger partial charge in [-0.1, -0.05) is 196 Å². The standard InChI is InChI=1S/C56H94O6/c1-4-7-10-13-16-19-21-23-25-27-29-30-32-34-37-40-43-46-49-55(58)61-52-53(51-60-54(57)48-45-42-39-36-18-15-12-9-6-3)62-56(59)50-47-44-41-38-35-33-31-28-26-24-22-20-17-14-11-8-5-2/h8,11,17,20,24,26,29-31,33,36,38-39,41,53H,4-7,9-10,12-16,18-19,21-23,25,27-28,32,34-35,37,40,42-52H2,1-3H3/b11-8-,20-17-,26-24-,30-29-,33-31-,39-36-,41-38-. The Bertz CT molecular complexity index is 1220. The van der Waals surface area contributed by atoms with Gasteiger partial charge in [-0.15, -0.1) is 0 Å². The van der Waals surface area contributed by atoms with Gasteiger partial charge in [-0.25, -0.2) is 0 Å². The van der Waals surface area contributed by atoms with Crippen LogP contribution in [-0.2, 0) is 28.6 Å². The third-order valence-electron chi connectivity index (χ3n) is 10.6. The first-order valence-corrected chi connectivity index (χ1v) is 25.6. The minimum atomic E-state index is -0.819. The lowest BCUT2D eigenvalue weighted by atomic mass is 10.1. The quantitative estimate of drug-likeness (QED) is 0.0263. The van der Waals surface area contributed by atoms with Crippen LogP contribution in [0, 0.1) is 0 Å². The van der Waals surface area contributed by atoms with Crippen molar-refractivity contribution in [3.63, 3.8) is 0 Å². The first kappa shape index (κ1) is 58.6. The number of rotatable bonds is 45. The molecule has 62 heavy (non-hydrogen) atoms. The van der Waals surface area contributed by atoms with Crippen LogP contribution in [0.5, 0.6) is 0 Å². The van der Waals surface area contributed by atoms with Gasteiger partial charge < -0.3 is 14.2 Å². The number of carbonyl (C=O) groups is 3. The van der Waals surface area contributed by atoms with Crippen molar-refractivity contribution in [2.75, 3.05) is 13.2 Å². The highest BCUT2D eigenvalue weighted by Gasteiger charge is 2.19. The Morgan fingerprint density at radius 1 is 0.339 bits per heavy atom. The lowest BCUT2D eigenvalue weighted by Crippen LogP contribution is -2.30. The van der Waals surface area contributed by atoms with Gasteiger partial charge in [0.1, 0.15) is 13.2 Å². The molecule has 0 saturated heterocycles. The number of unbranched alkanes of at least 4 members (excludes halogenated alkanes) is 20. The van der Waals surface area contributed by atoms with E-state index < -0.39 is 6.10 Å². The largest absolute Gasteiger partial charge is 0.462 e. The van der Waals surface area contributed by atoms with Crippen molar-refractivity contribution in [3.05, 3.63) is 85.1 Å². The van der Waals surface area contributed by atoms with Gasteiger partial charge in [0, 0.05) is 19.3 Å². The van der Waals surface area contributed by atoms with Crippen LogP contribution in [0.3, 0.4) is 0 Å². The van der Waals surface area contributed by atoms with Crippen molar-refractivity contribution in [2.45, 2.75) is 239 Å². The maximum absolute atomic E-state index is 12.7. The molecule has 0 spiro atoms. The molecule has 0 heterocycles. The van der Waals surface area contributed by atoms with Crippen LogP contribution in [0.25, 0.3) is 0 Å². The van der Waals surface area contributed by atoms with E-state index in [9.17, 15) is 14.4 Å². The summed E-state index contributed by atoms with van der Waals surface area (Å²) >= 11 is 0. The van der Waals surface area contributed by atoms with E-state index in [1.54, 1.807) is 0 Å². The number of carbonyl (C=O) groups excluding carboxylic acids is 3. The molecule has 0 rings (SSSR count). The molecule has 0 aliphatic heterocycles. The molecule has 0 aromatic carbocycles. The second-order valence-corrected chi connectivity index (χ2v) is 16.7. The maximum atomic E-state index is 12.7. The first-order chi connectivity index (χ1) is 30.5. The van der Waals surface area contributed by atoms with E-state index in [1.807, 2.05) is 0 Å². The van der Waals surface area contributed by atoms with Gasteiger partial charge in [-0.2, -0.15) is 0 Å². The highest BCUT2D eigenvalue weighted by molar-refractivity contribution is 5.71. The molecule has 0 aliphatic rings. The van der Waals surface area contributed by atoms with Gasteiger partial charge in [-0.05, 0) is 103 Å². The van der Waals surface area contributed by atoms with E-state index in [2.05, 4.69) is 106 Å². The van der Waals surface area contributed by atoms with Crippen LogP contribution in [0.4, 0.5) is 0 Å². The molecular formula is C56H94O6. The molecule has 0 aromatic rings. The fourth-order valence-electron chi connectivity index (χ4n) is 6.77. The third kappa shape index (κ3) is 47.6. The highest BCUT2D eigenvalue weighted by Crippen LogP contribution is 2.13. The summed E-state index contributed by atoms with van der Waals surface area (Å²) in [6.45, 7) is 6.40. The number of hydrogen-bond donors (Lipinski definition) is 0. The smallest absolute Gasteiger partial charge is 0.306 e. The van der Waals surface area contributed by atoms with Crippen LogP contribution in [0.1, 0.15) is 233 Å². The van der Waals surface area contributed by atoms with Crippen LogP contribution in [0.2, 0.25) is 0 Å². The highest BCUT2D eigenvalue weighted by atomic mass is 16.6. The fourth-order valence-corrected chi connectivity index (χ4v) is 6.77. The van der Waals surface area contributed by atoms with Crippen molar-refractivity contribution >= 4 is 17.9 Å². The van der Waals surface area contributed by atoms with E-state index >= 15 is 0 Å². The van der Waals surface area contributed by atoms with Crippen molar-refractivity contribution in [1.29, 1.82) is 0 Å². The van der Waals surface area contributed by atoms with Gasteiger partial charge in [0.05, 0.1) is 0 Å². The van der Waals surface area contributed by atoms with Crippen molar-refractivity contribution in [1.82, 2.24) is 0 Å². The van der Waals surface area contributed by atoms with Gasteiger partial charge in [0.2, 0.25) is 0 Å². The Kier molecular flexibility index (Phi) is 47.5. The Morgan fingerprint density at radius 3 is 1.08 bits per heavy atom. The third-order valence-corrected chi connectivity index (χ3v) is 10.6. The molecule has 6 heteroatoms. The Morgan fingerprint density at radius 2 is 0.645 bits per heavy atom. The Hall–Kier alpha value is -3.41. The monoisotopic (exact) mass is 863 g/mol. The molecule has 0 radical (unpaired) electrons. The van der Waals surface area contributed by atoms with E-state index in [0.717, 1.165) is 83.5 Å². The van der Waals surface area contributed by atoms with Gasteiger partial charge in [0.15, 0.2) is 6.10 Å². The van der Waals surface area contributed by atoms with E-state index in [4.69, 9.17) is 14.2 Å². The average molecular weight is 863 g/mol. The Labute approximate surface area is 382 Å². The summed E-state index contributed by atoms with van der Waals surface area (Å²) in [4.78, 5) is 37.8. The molecule has 1 atom stereocenters. The lowest BCUT2D eigenvalue weighted by molar-refractivity contribution is -0.167. The predicted octanol–water partition coefficient (Wildman–Crippen LogP) is 16.8. The summed E-state index contributed by atoms with van der Waals surface area (Å²) < 4.78 is 16.7. The van der Waals surface area contributed by atoms with Crippen LogP contribution < -0.4 is 0 Å². The molecule has 0 aliphatic carbocycles. The SMILES string of the molecule is CC/C=C\C/C=C\C/C=C\C/C=C\C/C=C\CCCC(=O)OC(COC(=O)CCC/C=C\CCCCCC)COC(=O)CCCCCCC/C=C\CCCCCCCCCCC. The molecule has 0 aromatic heterocycles. The molecule has 0 amide bonds. The second-order valence-electron chi connectivity index (χ2n) is 16.7. The van der Waals surface area contributed by atoms with Crippen molar-refractivity contribution in [3.8, 4) is 0 Å². The molecule has 0 saturated carbocycles. The summed E-state index contributed by atoms with van der Waals surface area (Å²) in [7, 11) is 0. The summed E-state index contributed by atoms with van der Waals surface area (Å²) in [6, 6.07) is 0. The normalized spacial score (nSPS) is 12.8. The lowest BCUT2D eigenvalue weighted by Gasteiger charge is -2.18. The van der Waals surface area contributed by atoms with Gasteiger partial charge >= 0.3 is 17.9 Å². The second kappa shape index (κ2) is 50.2. The summed E-state index contributed by atoms with van der Waals surface area (Å²) in [5.41, 5.74) is 0. The van der Waals surface area contributed by atoms with E-state index in [1.165, 1.54) is 96.3 Å². The zero-order chi connectivity index (χ0) is 45.1. The first-order valence-electron chi connectivity index (χ1n) is 25.6. The minimum absolute atomic E-state index is 0.112. The Balaban J connectivity index is 4.44. The van der Waals surface area contributed by atoms with Crippen LogP contribution in [0.15, 0.2) is 85.1 Å². The topological polar surface area (TPSA) is 78.9 Å². The zero-order valence-corrected chi connectivity index (χ0v) is 40.4. The molecule has 1 unspecified atom stereocenters. The van der Waals surface area contributed by atoms with Crippen molar-refractivity contribution in [2.24, 2.45) is 0 Å². The van der Waals surface area contributed by atoms with Crippen molar-refractivity contribution < 1.29 is 28.6 Å². The van der Waals surface area contributed by atoms with E-state index in [-0.39, 0.29) is 37.5 Å². The predicted molar refractivity (Wildman–Crippen MR) is 265 cm³/mol. The zero-order valence-electron chi connectivity index (χ0n) is 40.4. The number of allylic oxidation sites excluding steroid dienone is 14.